The summed E-state index contributed by atoms with van der Waals surface area (Å²) < 4.78 is 5.45. The van der Waals surface area contributed by atoms with Gasteiger partial charge in [-0.25, -0.2) is 0 Å². The summed E-state index contributed by atoms with van der Waals surface area (Å²) in [6.45, 7) is 2.07. The summed E-state index contributed by atoms with van der Waals surface area (Å²) in [5.74, 6) is 0.859. The van der Waals surface area contributed by atoms with Crippen LogP contribution in [0.15, 0.2) is 34.7 Å². The van der Waals surface area contributed by atoms with Crippen LogP contribution in [0.4, 0.5) is 0 Å². The topological polar surface area (TPSA) is 28.9 Å². The van der Waals surface area contributed by atoms with Crippen LogP contribution in [-0.4, -0.2) is 4.98 Å². The van der Waals surface area contributed by atoms with Gasteiger partial charge in [0.25, 0.3) is 4.84 Å². The first kappa shape index (κ1) is 9.21. The molecule has 2 nitrogen and oxygen atoms in total. The van der Waals surface area contributed by atoms with Crippen molar-refractivity contribution in [2.45, 2.75) is 13.3 Å². The molecule has 2 rings (SSSR count). The number of aryl methyl sites for hydroxylation is 1. The second-order valence-corrected chi connectivity index (χ2v) is 3.41. The molecule has 2 aromatic rings. The lowest BCUT2D eigenvalue weighted by Crippen LogP contribution is -1.83. The van der Waals surface area contributed by atoms with Crippen molar-refractivity contribution >= 4 is 12.2 Å². The minimum absolute atomic E-state index is 0.445. The molecule has 0 saturated carbocycles. The number of H-pyrrole nitrogens is 1. The average Bonchev–Trinajstić information content (AvgIpc) is 2.61. The Morgan fingerprint density at radius 1 is 1.29 bits per heavy atom. The molecular weight excluding hydrogens is 194 g/mol. The first-order chi connectivity index (χ1) is 6.81. The van der Waals surface area contributed by atoms with Gasteiger partial charge in [-0.3, -0.25) is 0 Å². The fourth-order valence-corrected chi connectivity index (χ4v) is 1.64. The smallest absolute Gasteiger partial charge is 0.266 e. The van der Waals surface area contributed by atoms with E-state index in [1.807, 2.05) is 30.3 Å². The fourth-order valence-electron chi connectivity index (χ4n) is 1.43. The zero-order chi connectivity index (χ0) is 9.97. The molecule has 0 aliphatic heterocycles. The number of aromatic amines is 1. The molecule has 0 bridgehead atoms. The van der Waals surface area contributed by atoms with Crippen LogP contribution in [0.5, 0.6) is 0 Å². The molecule has 1 heterocycles. The van der Waals surface area contributed by atoms with E-state index < -0.39 is 0 Å². The molecule has 0 radical (unpaired) electrons. The predicted molar refractivity (Wildman–Crippen MR) is 58.7 cm³/mol. The van der Waals surface area contributed by atoms with Gasteiger partial charge in [0.05, 0.1) is 5.69 Å². The van der Waals surface area contributed by atoms with E-state index in [2.05, 4.69) is 11.9 Å². The van der Waals surface area contributed by atoms with Crippen molar-refractivity contribution < 1.29 is 4.42 Å². The quantitative estimate of drug-likeness (QED) is 0.759. The molecule has 0 fully saturated rings. The highest BCUT2D eigenvalue weighted by molar-refractivity contribution is 7.71. The molecule has 72 valence electrons. The van der Waals surface area contributed by atoms with Crippen LogP contribution in [0.25, 0.3) is 11.3 Å². The third kappa shape index (κ3) is 1.63. The Kier molecular flexibility index (Phi) is 2.50. The normalized spacial score (nSPS) is 10.4. The summed E-state index contributed by atoms with van der Waals surface area (Å²) in [5, 5.41) is 0. The number of hydrogen-bond donors (Lipinski definition) is 1. The lowest BCUT2D eigenvalue weighted by atomic mass is 10.1. The van der Waals surface area contributed by atoms with Gasteiger partial charge in [-0.05, 0) is 18.6 Å². The van der Waals surface area contributed by atoms with Gasteiger partial charge in [0, 0.05) is 5.56 Å². The third-order valence-electron chi connectivity index (χ3n) is 2.11. The Labute approximate surface area is 87.6 Å². The molecule has 0 spiro atoms. The SMILES string of the molecule is CCc1[nH]c(=S)oc1-c1ccccc1. The van der Waals surface area contributed by atoms with Gasteiger partial charge in [-0.1, -0.05) is 37.3 Å². The Balaban J connectivity index is 2.56. The minimum Gasteiger partial charge on any atom is -0.429 e. The number of benzene rings is 1. The van der Waals surface area contributed by atoms with E-state index in [0.29, 0.717) is 4.84 Å². The lowest BCUT2D eigenvalue weighted by Gasteiger charge is -1.97. The molecule has 0 aliphatic carbocycles. The number of aromatic nitrogens is 1. The molecule has 1 aromatic heterocycles. The van der Waals surface area contributed by atoms with Crippen molar-refractivity contribution in [3.8, 4) is 11.3 Å². The van der Waals surface area contributed by atoms with Crippen LogP contribution >= 0.6 is 12.2 Å². The highest BCUT2D eigenvalue weighted by atomic mass is 32.1. The molecule has 0 unspecified atom stereocenters. The fraction of sp³-hybridized carbons (Fsp3) is 0.182. The van der Waals surface area contributed by atoms with E-state index in [0.717, 1.165) is 23.4 Å². The van der Waals surface area contributed by atoms with Crippen molar-refractivity contribution in [1.82, 2.24) is 4.98 Å². The van der Waals surface area contributed by atoms with Gasteiger partial charge in [0.2, 0.25) is 0 Å². The summed E-state index contributed by atoms with van der Waals surface area (Å²) in [4.78, 5) is 3.49. The van der Waals surface area contributed by atoms with E-state index >= 15 is 0 Å². The Bertz CT molecular complexity index is 470. The van der Waals surface area contributed by atoms with E-state index in [4.69, 9.17) is 16.6 Å². The van der Waals surface area contributed by atoms with Gasteiger partial charge < -0.3 is 9.40 Å². The maximum atomic E-state index is 5.45. The minimum atomic E-state index is 0.445. The highest BCUT2D eigenvalue weighted by Crippen LogP contribution is 2.23. The maximum absolute atomic E-state index is 5.45. The summed E-state index contributed by atoms with van der Waals surface area (Å²) >= 11 is 4.96. The largest absolute Gasteiger partial charge is 0.429 e. The Morgan fingerprint density at radius 2 is 2.00 bits per heavy atom. The highest BCUT2D eigenvalue weighted by Gasteiger charge is 2.07. The standard InChI is InChI=1S/C11H11NOS/c1-2-9-10(13-11(14)12-9)8-6-4-3-5-7-8/h3-7H,2H2,1H3,(H,12,14). The monoisotopic (exact) mass is 205 g/mol. The second-order valence-electron chi connectivity index (χ2n) is 3.04. The van der Waals surface area contributed by atoms with Crippen molar-refractivity contribution in [1.29, 1.82) is 0 Å². The van der Waals surface area contributed by atoms with Crippen LogP contribution in [0.2, 0.25) is 0 Å². The average molecular weight is 205 g/mol. The van der Waals surface area contributed by atoms with Crippen LogP contribution in [0, 0.1) is 4.84 Å². The number of rotatable bonds is 2. The third-order valence-corrected chi connectivity index (χ3v) is 2.30. The Hall–Kier alpha value is -1.35. The molecule has 0 atom stereocenters. The van der Waals surface area contributed by atoms with Crippen LogP contribution < -0.4 is 0 Å². The lowest BCUT2D eigenvalue weighted by molar-refractivity contribution is 0.554. The maximum Gasteiger partial charge on any atom is 0.266 e. The molecule has 14 heavy (non-hydrogen) atoms. The molecule has 3 heteroatoms. The summed E-state index contributed by atoms with van der Waals surface area (Å²) in [5.41, 5.74) is 2.12. The summed E-state index contributed by atoms with van der Waals surface area (Å²) in [6, 6.07) is 9.98. The van der Waals surface area contributed by atoms with Gasteiger partial charge >= 0.3 is 0 Å². The first-order valence-electron chi connectivity index (χ1n) is 4.58. The van der Waals surface area contributed by atoms with Crippen molar-refractivity contribution in [2.24, 2.45) is 0 Å². The molecule has 1 N–H and O–H groups in total. The van der Waals surface area contributed by atoms with Crippen LogP contribution in [0.3, 0.4) is 0 Å². The number of oxazole rings is 1. The van der Waals surface area contributed by atoms with Crippen molar-refractivity contribution in [3.63, 3.8) is 0 Å². The van der Waals surface area contributed by atoms with Crippen molar-refractivity contribution in [3.05, 3.63) is 40.9 Å². The molecule has 0 saturated heterocycles. The predicted octanol–water partition coefficient (Wildman–Crippen LogP) is 3.57. The molecule has 0 amide bonds. The molecule has 1 aromatic carbocycles. The van der Waals surface area contributed by atoms with Gasteiger partial charge in [-0.2, -0.15) is 0 Å². The zero-order valence-electron chi connectivity index (χ0n) is 7.91. The number of hydrogen-bond acceptors (Lipinski definition) is 2. The molecule has 0 aliphatic rings. The van der Waals surface area contributed by atoms with Gasteiger partial charge in [0.1, 0.15) is 0 Å². The second kappa shape index (κ2) is 3.80. The zero-order valence-corrected chi connectivity index (χ0v) is 8.73. The van der Waals surface area contributed by atoms with Crippen LogP contribution in [-0.2, 0) is 6.42 Å². The number of nitrogens with one attached hydrogen (secondary N) is 1. The molecular formula is C11H11NOS. The van der Waals surface area contributed by atoms with Gasteiger partial charge in [-0.15, -0.1) is 0 Å². The summed E-state index contributed by atoms with van der Waals surface area (Å²) in [6.07, 6.45) is 0.893. The van der Waals surface area contributed by atoms with E-state index in [-0.39, 0.29) is 0 Å². The van der Waals surface area contributed by atoms with E-state index in [1.165, 1.54) is 0 Å². The van der Waals surface area contributed by atoms with E-state index in [9.17, 15) is 0 Å². The summed E-state index contributed by atoms with van der Waals surface area (Å²) in [7, 11) is 0. The first-order valence-corrected chi connectivity index (χ1v) is 4.99. The van der Waals surface area contributed by atoms with E-state index in [1.54, 1.807) is 0 Å². The van der Waals surface area contributed by atoms with Crippen LogP contribution in [0.1, 0.15) is 12.6 Å². The Morgan fingerprint density at radius 3 is 2.64 bits per heavy atom. The van der Waals surface area contributed by atoms with Crippen molar-refractivity contribution in [2.75, 3.05) is 0 Å². The van der Waals surface area contributed by atoms with Gasteiger partial charge in [0.15, 0.2) is 5.76 Å².